The van der Waals surface area contributed by atoms with Gasteiger partial charge >= 0.3 is 6.01 Å². The van der Waals surface area contributed by atoms with Crippen LogP contribution in [0.2, 0.25) is 0 Å². The van der Waals surface area contributed by atoms with Crippen LogP contribution in [0, 0.1) is 23.6 Å². The molecule has 2 aromatic heterocycles. The second kappa shape index (κ2) is 11.5. The average molecular weight is 625 g/mol. The SMILES string of the molecule is C#Cc1c(F)ccc2cc(O)cc(-c3cc4nc(OCC5(CN6CCOCC6)CC5)nc(N5CC6CCC(C5)N6)c4nc3OC)c12. The van der Waals surface area contributed by atoms with Crippen LogP contribution in [-0.4, -0.2) is 96.7 Å². The van der Waals surface area contributed by atoms with Gasteiger partial charge in [0.25, 0.3) is 0 Å². The highest BCUT2D eigenvalue weighted by molar-refractivity contribution is 6.04. The number of anilines is 1. The fourth-order valence-electron chi connectivity index (χ4n) is 7.37. The number of nitrogens with one attached hydrogen (secondary N) is 1. The normalized spacial score (nSPS) is 22.2. The van der Waals surface area contributed by atoms with E-state index in [0.717, 1.165) is 71.6 Å². The summed E-state index contributed by atoms with van der Waals surface area (Å²) >= 11 is 0. The highest BCUT2D eigenvalue weighted by atomic mass is 19.1. The fraction of sp³-hybridized carbons (Fsp3) is 0.457. The number of aromatic nitrogens is 3. The molecule has 0 amide bonds. The van der Waals surface area contributed by atoms with Crippen molar-refractivity contribution in [3.8, 4) is 41.1 Å². The van der Waals surface area contributed by atoms with Crippen molar-refractivity contribution >= 4 is 27.6 Å². The van der Waals surface area contributed by atoms with Crippen LogP contribution in [0.1, 0.15) is 31.2 Å². The topological polar surface area (TPSA) is 105 Å². The molecule has 1 saturated carbocycles. The van der Waals surface area contributed by atoms with Crippen LogP contribution >= 0.6 is 0 Å². The molecule has 5 heterocycles. The molecule has 4 aliphatic rings. The van der Waals surface area contributed by atoms with Crippen molar-refractivity contribution in [2.24, 2.45) is 5.41 Å². The minimum absolute atomic E-state index is 0.0120. The van der Waals surface area contributed by atoms with Crippen LogP contribution in [0.4, 0.5) is 10.2 Å². The number of phenols is 1. The largest absolute Gasteiger partial charge is 0.508 e. The molecular weight excluding hydrogens is 587 g/mol. The first kappa shape index (κ1) is 29.2. The monoisotopic (exact) mass is 624 g/mol. The van der Waals surface area contributed by atoms with Crippen molar-refractivity contribution in [3.63, 3.8) is 0 Å². The van der Waals surface area contributed by atoms with E-state index in [9.17, 15) is 9.50 Å². The highest BCUT2D eigenvalue weighted by Gasteiger charge is 2.45. The van der Waals surface area contributed by atoms with Crippen LogP contribution in [0.5, 0.6) is 17.6 Å². The van der Waals surface area contributed by atoms with Gasteiger partial charge in [0.05, 0.1) is 38.0 Å². The molecule has 10 nitrogen and oxygen atoms in total. The Labute approximate surface area is 266 Å². The number of hydrogen-bond donors (Lipinski definition) is 2. The molecule has 3 saturated heterocycles. The van der Waals surface area contributed by atoms with E-state index in [-0.39, 0.29) is 16.7 Å². The van der Waals surface area contributed by atoms with Gasteiger partial charge in [0.15, 0.2) is 5.82 Å². The molecule has 46 heavy (non-hydrogen) atoms. The molecular formula is C35H37FN6O4. The lowest BCUT2D eigenvalue weighted by Gasteiger charge is -2.34. The van der Waals surface area contributed by atoms with E-state index in [1.54, 1.807) is 18.2 Å². The Hall–Kier alpha value is -4.24. The van der Waals surface area contributed by atoms with Gasteiger partial charge in [-0.3, -0.25) is 4.90 Å². The van der Waals surface area contributed by atoms with Crippen LogP contribution in [-0.2, 0) is 4.74 Å². The molecule has 0 radical (unpaired) electrons. The Kier molecular flexibility index (Phi) is 7.31. The van der Waals surface area contributed by atoms with Crippen molar-refractivity contribution < 1.29 is 23.7 Å². The second-order valence-electron chi connectivity index (χ2n) is 13.1. The zero-order chi connectivity index (χ0) is 31.4. The first-order valence-electron chi connectivity index (χ1n) is 16.0. The van der Waals surface area contributed by atoms with Gasteiger partial charge < -0.3 is 29.5 Å². The molecule has 3 aliphatic heterocycles. The number of morpholine rings is 1. The summed E-state index contributed by atoms with van der Waals surface area (Å²) in [6.45, 7) is 6.52. The highest BCUT2D eigenvalue weighted by Crippen LogP contribution is 2.47. The predicted octanol–water partition coefficient (Wildman–Crippen LogP) is 4.11. The smallest absolute Gasteiger partial charge is 0.319 e. The Bertz CT molecular complexity index is 1860. The zero-order valence-electron chi connectivity index (χ0n) is 25.9. The first-order valence-corrected chi connectivity index (χ1v) is 16.0. The number of nitrogens with zero attached hydrogens (tertiary/aromatic N) is 5. The van der Waals surface area contributed by atoms with Gasteiger partial charge in [-0.1, -0.05) is 12.0 Å². The molecule has 238 valence electrons. The van der Waals surface area contributed by atoms with Crippen molar-refractivity contribution in [3.05, 3.63) is 41.7 Å². The third kappa shape index (κ3) is 5.34. The Morgan fingerprint density at radius 2 is 1.87 bits per heavy atom. The van der Waals surface area contributed by atoms with Gasteiger partial charge in [-0.2, -0.15) is 9.97 Å². The number of terminal acetylenes is 1. The summed E-state index contributed by atoms with van der Waals surface area (Å²) in [5.41, 5.74) is 2.38. The quantitative estimate of drug-likeness (QED) is 0.279. The van der Waals surface area contributed by atoms with Crippen molar-refractivity contribution in [1.29, 1.82) is 0 Å². The number of pyridine rings is 1. The lowest BCUT2D eigenvalue weighted by Crippen LogP contribution is -2.51. The van der Waals surface area contributed by atoms with Crippen molar-refractivity contribution in [2.75, 3.05) is 64.6 Å². The molecule has 11 heteroatoms. The minimum Gasteiger partial charge on any atom is -0.508 e. The van der Waals surface area contributed by atoms with Crippen LogP contribution < -0.4 is 19.7 Å². The Balaban J connectivity index is 1.23. The van der Waals surface area contributed by atoms with E-state index < -0.39 is 5.82 Å². The predicted molar refractivity (Wildman–Crippen MR) is 173 cm³/mol. The standard InChI is InChI=1S/C35H37FN6O4/c1-3-25-28(36)7-4-21-14-24(43)15-26(30(21)25)27-16-29-31(39-33(27)44-2)32(42-17-22-5-6-23(18-42)37-22)40-34(38-29)46-20-35(8-9-35)19-41-10-12-45-13-11-41/h1,4,7,14-16,22-23,37,43H,5-6,8-13,17-20H2,2H3. The molecule has 0 spiro atoms. The van der Waals surface area contributed by atoms with E-state index in [0.29, 0.717) is 69.3 Å². The maximum atomic E-state index is 15.0. The van der Waals surface area contributed by atoms with Crippen molar-refractivity contribution in [2.45, 2.75) is 37.8 Å². The van der Waals surface area contributed by atoms with Gasteiger partial charge in [-0.15, -0.1) is 6.42 Å². The van der Waals surface area contributed by atoms with Gasteiger partial charge in [0, 0.05) is 61.2 Å². The summed E-state index contributed by atoms with van der Waals surface area (Å²) in [4.78, 5) is 19.6. The molecule has 4 fully saturated rings. The number of phenolic OH excluding ortho intramolecular Hbond substituents is 1. The number of fused-ring (bicyclic) bond motifs is 4. The summed E-state index contributed by atoms with van der Waals surface area (Å²) in [7, 11) is 1.54. The molecule has 2 bridgehead atoms. The molecule has 4 aromatic rings. The number of piperazine rings is 1. The number of halogens is 1. The molecule has 1 aliphatic carbocycles. The molecule has 2 aromatic carbocycles. The second-order valence-corrected chi connectivity index (χ2v) is 13.1. The minimum atomic E-state index is -0.519. The lowest BCUT2D eigenvalue weighted by atomic mass is 9.94. The van der Waals surface area contributed by atoms with Gasteiger partial charge in [-0.05, 0) is 60.9 Å². The van der Waals surface area contributed by atoms with E-state index in [1.165, 1.54) is 13.2 Å². The van der Waals surface area contributed by atoms with Gasteiger partial charge in [0.2, 0.25) is 5.88 Å². The third-order valence-corrected chi connectivity index (χ3v) is 9.92. The number of rotatable bonds is 8. The first-order chi connectivity index (χ1) is 22.4. The summed E-state index contributed by atoms with van der Waals surface area (Å²) < 4.78 is 32.8. The van der Waals surface area contributed by atoms with Crippen molar-refractivity contribution in [1.82, 2.24) is 25.2 Å². The third-order valence-electron chi connectivity index (χ3n) is 9.92. The summed E-state index contributed by atoms with van der Waals surface area (Å²) in [6, 6.07) is 8.96. The summed E-state index contributed by atoms with van der Waals surface area (Å²) in [6.07, 6.45) is 10.2. The number of hydrogen-bond acceptors (Lipinski definition) is 10. The van der Waals surface area contributed by atoms with Gasteiger partial charge in [-0.25, -0.2) is 9.37 Å². The average Bonchev–Trinajstić information content (AvgIpc) is 3.76. The molecule has 2 N–H and O–H groups in total. The maximum absolute atomic E-state index is 15.0. The number of aromatic hydroxyl groups is 1. The summed E-state index contributed by atoms with van der Waals surface area (Å²) in [5, 5.41) is 15.5. The fourth-order valence-corrected chi connectivity index (χ4v) is 7.37. The number of methoxy groups -OCH3 is 1. The van der Waals surface area contributed by atoms with E-state index in [1.807, 2.05) is 6.07 Å². The van der Waals surface area contributed by atoms with E-state index in [4.69, 9.17) is 35.6 Å². The van der Waals surface area contributed by atoms with Crippen LogP contribution in [0.15, 0.2) is 30.3 Å². The van der Waals surface area contributed by atoms with Gasteiger partial charge in [0.1, 0.15) is 17.1 Å². The molecule has 8 rings (SSSR count). The van der Waals surface area contributed by atoms with Crippen LogP contribution in [0.3, 0.4) is 0 Å². The van der Waals surface area contributed by atoms with E-state index >= 15 is 0 Å². The Morgan fingerprint density at radius 3 is 2.59 bits per heavy atom. The van der Waals surface area contributed by atoms with Crippen LogP contribution in [0.25, 0.3) is 32.9 Å². The zero-order valence-corrected chi connectivity index (χ0v) is 25.9. The number of benzene rings is 2. The lowest BCUT2D eigenvalue weighted by molar-refractivity contribution is 0.0231. The summed E-state index contributed by atoms with van der Waals surface area (Å²) in [5.74, 6) is 2.99. The number of ether oxygens (including phenoxy) is 3. The Morgan fingerprint density at radius 1 is 1.09 bits per heavy atom. The molecule has 2 unspecified atom stereocenters. The maximum Gasteiger partial charge on any atom is 0.319 e. The molecule has 2 atom stereocenters. The van der Waals surface area contributed by atoms with E-state index in [2.05, 4.69) is 21.0 Å².